The molecule has 1 heterocycles. The van der Waals surface area contributed by atoms with Crippen LogP contribution < -0.4 is 0 Å². The Morgan fingerprint density at radius 3 is 1.64 bits per heavy atom. The highest BCUT2D eigenvalue weighted by Crippen LogP contribution is 2.30. The Hall–Kier alpha value is -0.560. The van der Waals surface area contributed by atoms with Crippen LogP contribution in [0.15, 0.2) is 24.3 Å². The average Bonchev–Trinajstić information content (AvgIpc) is 2.83. The molecule has 2 rings (SSSR count). The molecule has 1 nitrogen and oxygen atoms in total. The van der Waals surface area contributed by atoms with Crippen LogP contribution in [0.3, 0.4) is 0 Å². The molecule has 0 unspecified atom stereocenters. The highest BCUT2D eigenvalue weighted by Gasteiger charge is 2.36. The average molecular weight is 194 g/mol. The predicted molar refractivity (Wildman–Crippen MR) is 61.4 cm³/mol. The first-order chi connectivity index (χ1) is 6.47. The summed E-state index contributed by atoms with van der Waals surface area (Å²) in [5.74, 6) is 0. The summed E-state index contributed by atoms with van der Waals surface area (Å²) in [7, 11) is 0. The Labute approximate surface area is 87.8 Å². The Kier molecular flexibility index (Phi) is 4.95. The molecular weight excluding hydrogens is 172 g/mol. The van der Waals surface area contributed by atoms with Gasteiger partial charge in [-0.2, -0.15) is 0 Å². The smallest absolute Gasteiger partial charge is 0.0845 e. The molecule has 0 N–H and O–H groups in total. The third-order valence-corrected chi connectivity index (χ3v) is 2.76. The number of fused-ring (bicyclic) bond motifs is 1. The molecule has 1 aliphatic heterocycles. The quantitative estimate of drug-likeness (QED) is 0.421. The standard InChI is InChI=1S/C12H18O.CH4/c1-2-4-6-8-10-12-11(13-12)9-7-5-3-1;/h3-6,11-12H,1-2,7-10H2;1H4/b5-3+,6-4?;/t11-,12-;/m1./s1. The topological polar surface area (TPSA) is 12.5 Å². The summed E-state index contributed by atoms with van der Waals surface area (Å²) in [6, 6.07) is 0. The molecule has 0 aromatic rings. The van der Waals surface area contributed by atoms with E-state index in [9.17, 15) is 0 Å². The van der Waals surface area contributed by atoms with Gasteiger partial charge in [-0.1, -0.05) is 31.7 Å². The lowest BCUT2D eigenvalue weighted by Crippen LogP contribution is -1.93. The number of hydrogen-bond donors (Lipinski definition) is 0. The van der Waals surface area contributed by atoms with E-state index in [0.717, 1.165) is 0 Å². The maximum Gasteiger partial charge on any atom is 0.0845 e. The van der Waals surface area contributed by atoms with E-state index < -0.39 is 0 Å². The van der Waals surface area contributed by atoms with Gasteiger partial charge in [0, 0.05) is 0 Å². The van der Waals surface area contributed by atoms with Gasteiger partial charge in [-0.25, -0.2) is 0 Å². The number of rotatable bonds is 0. The van der Waals surface area contributed by atoms with Crippen molar-refractivity contribution in [2.24, 2.45) is 0 Å². The molecular formula is C13H22O. The minimum absolute atomic E-state index is 0. The summed E-state index contributed by atoms with van der Waals surface area (Å²) in [6.07, 6.45) is 17.6. The largest absolute Gasteiger partial charge is 0.370 e. The molecule has 0 amide bonds. The van der Waals surface area contributed by atoms with E-state index in [4.69, 9.17) is 4.74 Å². The van der Waals surface area contributed by atoms with Gasteiger partial charge in [0.05, 0.1) is 12.2 Å². The van der Waals surface area contributed by atoms with Crippen LogP contribution in [0, 0.1) is 0 Å². The molecule has 0 aromatic heterocycles. The Bertz CT molecular complexity index is 183. The molecule has 1 saturated heterocycles. The summed E-state index contributed by atoms with van der Waals surface area (Å²) in [5, 5.41) is 0. The van der Waals surface area contributed by atoms with Gasteiger partial charge in [-0.15, -0.1) is 0 Å². The monoisotopic (exact) mass is 194 g/mol. The summed E-state index contributed by atoms with van der Waals surface area (Å²) in [4.78, 5) is 0. The molecule has 0 bridgehead atoms. The summed E-state index contributed by atoms with van der Waals surface area (Å²) < 4.78 is 5.56. The van der Waals surface area contributed by atoms with Gasteiger partial charge in [0.1, 0.15) is 0 Å². The van der Waals surface area contributed by atoms with Crippen LogP contribution in [0.25, 0.3) is 0 Å². The highest BCUT2D eigenvalue weighted by atomic mass is 16.6. The summed E-state index contributed by atoms with van der Waals surface area (Å²) in [5.41, 5.74) is 0. The second-order valence-electron chi connectivity index (χ2n) is 3.89. The number of epoxide rings is 1. The third-order valence-electron chi connectivity index (χ3n) is 2.76. The third kappa shape index (κ3) is 3.67. The van der Waals surface area contributed by atoms with E-state index in [2.05, 4.69) is 24.3 Å². The fourth-order valence-electron chi connectivity index (χ4n) is 1.87. The van der Waals surface area contributed by atoms with Crippen LogP contribution in [0.1, 0.15) is 46.0 Å². The van der Waals surface area contributed by atoms with Gasteiger partial charge in [-0.05, 0) is 38.5 Å². The zero-order chi connectivity index (χ0) is 8.93. The molecule has 1 heteroatoms. The molecule has 80 valence electrons. The lowest BCUT2D eigenvalue weighted by Gasteiger charge is -1.94. The zero-order valence-electron chi connectivity index (χ0n) is 8.11. The second-order valence-corrected chi connectivity index (χ2v) is 3.89. The Morgan fingerprint density at radius 2 is 1.14 bits per heavy atom. The van der Waals surface area contributed by atoms with E-state index in [-0.39, 0.29) is 7.43 Å². The van der Waals surface area contributed by atoms with Crippen molar-refractivity contribution in [1.82, 2.24) is 0 Å². The fourth-order valence-corrected chi connectivity index (χ4v) is 1.87. The van der Waals surface area contributed by atoms with Crippen molar-refractivity contribution >= 4 is 0 Å². The number of allylic oxidation sites excluding steroid dienone is 4. The molecule has 0 saturated carbocycles. The number of hydrogen-bond acceptors (Lipinski definition) is 1. The normalized spacial score (nSPS) is 34.3. The van der Waals surface area contributed by atoms with Crippen molar-refractivity contribution in [3.63, 3.8) is 0 Å². The lowest BCUT2D eigenvalue weighted by molar-refractivity contribution is 0.357. The molecule has 0 radical (unpaired) electrons. The van der Waals surface area contributed by atoms with Gasteiger partial charge in [0.15, 0.2) is 0 Å². The van der Waals surface area contributed by atoms with Crippen molar-refractivity contribution in [2.45, 2.75) is 58.2 Å². The second kappa shape index (κ2) is 6.02. The fraction of sp³-hybridized carbons (Fsp3) is 0.692. The van der Waals surface area contributed by atoms with Gasteiger partial charge >= 0.3 is 0 Å². The molecule has 2 aliphatic rings. The van der Waals surface area contributed by atoms with Crippen LogP contribution in [-0.2, 0) is 4.74 Å². The summed E-state index contributed by atoms with van der Waals surface area (Å²) in [6.45, 7) is 0. The maximum absolute atomic E-state index is 5.56. The van der Waals surface area contributed by atoms with Crippen LogP contribution in [-0.4, -0.2) is 12.2 Å². The van der Waals surface area contributed by atoms with Gasteiger partial charge < -0.3 is 4.74 Å². The van der Waals surface area contributed by atoms with Gasteiger partial charge in [0.2, 0.25) is 0 Å². The van der Waals surface area contributed by atoms with Gasteiger partial charge in [-0.3, -0.25) is 0 Å². The van der Waals surface area contributed by atoms with Crippen molar-refractivity contribution in [3.8, 4) is 0 Å². The zero-order valence-corrected chi connectivity index (χ0v) is 8.11. The lowest BCUT2D eigenvalue weighted by atomic mass is 10.1. The van der Waals surface area contributed by atoms with E-state index in [0.29, 0.717) is 12.2 Å². The first kappa shape index (κ1) is 11.5. The highest BCUT2D eigenvalue weighted by molar-refractivity contribution is 4.94. The SMILES string of the molecule is C.C1=CCC[C@H]2O[C@@H]2CC/C=C/CC1. The van der Waals surface area contributed by atoms with E-state index in [1.165, 1.54) is 38.5 Å². The molecule has 0 spiro atoms. The van der Waals surface area contributed by atoms with Crippen LogP contribution >= 0.6 is 0 Å². The molecule has 0 aromatic carbocycles. The Balaban J connectivity index is 0.000000980. The van der Waals surface area contributed by atoms with Crippen molar-refractivity contribution in [2.75, 3.05) is 0 Å². The molecule has 14 heavy (non-hydrogen) atoms. The Morgan fingerprint density at radius 1 is 0.714 bits per heavy atom. The predicted octanol–water partition coefficient (Wildman–Crippen LogP) is 3.86. The number of ether oxygens (including phenoxy) is 1. The summed E-state index contributed by atoms with van der Waals surface area (Å²) >= 11 is 0. The van der Waals surface area contributed by atoms with Crippen molar-refractivity contribution < 1.29 is 4.74 Å². The minimum Gasteiger partial charge on any atom is -0.370 e. The van der Waals surface area contributed by atoms with Crippen LogP contribution in [0.2, 0.25) is 0 Å². The van der Waals surface area contributed by atoms with Gasteiger partial charge in [0.25, 0.3) is 0 Å². The van der Waals surface area contributed by atoms with Crippen LogP contribution in [0.5, 0.6) is 0 Å². The van der Waals surface area contributed by atoms with Crippen molar-refractivity contribution in [1.29, 1.82) is 0 Å². The minimum atomic E-state index is 0. The van der Waals surface area contributed by atoms with E-state index in [1.54, 1.807) is 0 Å². The first-order valence-corrected chi connectivity index (χ1v) is 5.42. The van der Waals surface area contributed by atoms with Crippen molar-refractivity contribution in [3.05, 3.63) is 24.3 Å². The van der Waals surface area contributed by atoms with E-state index in [1.807, 2.05) is 0 Å². The first-order valence-electron chi connectivity index (χ1n) is 5.42. The van der Waals surface area contributed by atoms with Crippen LogP contribution in [0.4, 0.5) is 0 Å². The molecule has 1 aliphatic carbocycles. The van der Waals surface area contributed by atoms with E-state index >= 15 is 0 Å². The molecule has 1 fully saturated rings. The maximum atomic E-state index is 5.56. The molecule has 2 atom stereocenters.